The molecule has 0 aromatic heterocycles. The smallest absolute Gasteiger partial charge is 0.314 e. The third-order valence-corrected chi connectivity index (χ3v) is 1.16. The van der Waals surface area contributed by atoms with E-state index in [1.165, 1.54) is 0 Å². The second-order valence-corrected chi connectivity index (χ2v) is 2.05. The molecule has 0 radical (unpaired) electrons. The van der Waals surface area contributed by atoms with Crippen molar-refractivity contribution < 1.29 is 18.0 Å². The number of rotatable bonds is 0. The van der Waals surface area contributed by atoms with Crippen LogP contribution >= 0.6 is 0 Å². The topological polar surface area (TPSA) is 41.1 Å². The van der Waals surface area contributed by atoms with Crippen molar-refractivity contribution in [2.24, 2.45) is 0 Å². The van der Waals surface area contributed by atoms with E-state index in [2.05, 4.69) is 5.32 Å². The van der Waals surface area contributed by atoms with Gasteiger partial charge in [-0.15, -0.1) is 0 Å². The molecule has 1 aliphatic rings. The summed E-state index contributed by atoms with van der Waals surface area (Å²) in [5, 5.41) is 3.97. The number of carbonyl (C=O) groups is 1. The fourth-order valence-electron chi connectivity index (χ4n) is 0.617. The number of hydrogen-bond donors (Lipinski definition) is 2. The van der Waals surface area contributed by atoms with Crippen LogP contribution in [0.5, 0.6) is 0 Å². The van der Waals surface area contributed by atoms with Crippen LogP contribution in [0.4, 0.5) is 18.0 Å². The maximum Gasteiger partial charge on any atom is 0.417 e. The lowest BCUT2D eigenvalue weighted by Gasteiger charge is -2.04. The van der Waals surface area contributed by atoms with Crippen LogP contribution in [0.2, 0.25) is 0 Å². The molecule has 0 fully saturated rings. The number of halogens is 3. The van der Waals surface area contributed by atoms with E-state index in [1.807, 2.05) is 5.32 Å². The van der Waals surface area contributed by atoms with Crippen LogP contribution in [-0.4, -0.2) is 12.2 Å². The highest BCUT2D eigenvalue weighted by Crippen LogP contribution is 2.25. The van der Waals surface area contributed by atoms with Crippen LogP contribution in [0.1, 0.15) is 0 Å². The normalized spacial score (nSPS) is 17.6. The highest BCUT2D eigenvalue weighted by atomic mass is 19.4. The predicted molar refractivity (Wildman–Crippen MR) is 34.9 cm³/mol. The first-order valence-corrected chi connectivity index (χ1v) is 3.01. The molecule has 66 valence electrons. The summed E-state index contributed by atoms with van der Waals surface area (Å²) in [7, 11) is 0. The molecule has 2 amide bonds. The van der Waals surface area contributed by atoms with Gasteiger partial charge in [0.25, 0.3) is 0 Å². The Morgan fingerprint density at radius 3 is 2.50 bits per heavy atom. The van der Waals surface area contributed by atoms with Crippen LogP contribution < -0.4 is 10.6 Å². The highest BCUT2D eigenvalue weighted by molar-refractivity contribution is 5.76. The number of urea groups is 1. The minimum absolute atomic E-state index is 0.610. The molecule has 0 saturated heterocycles. The van der Waals surface area contributed by atoms with Crippen molar-refractivity contribution in [2.75, 3.05) is 0 Å². The summed E-state index contributed by atoms with van der Waals surface area (Å²) in [5.74, 6) is 0. The quantitative estimate of drug-likeness (QED) is 0.576. The second-order valence-electron chi connectivity index (χ2n) is 2.05. The molecule has 0 saturated carbocycles. The average Bonchev–Trinajstić information content (AvgIpc) is 2.11. The van der Waals surface area contributed by atoms with Crippen molar-refractivity contribution in [1.29, 1.82) is 0 Å². The van der Waals surface area contributed by atoms with E-state index in [9.17, 15) is 18.0 Å². The van der Waals surface area contributed by atoms with E-state index in [1.54, 1.807) is 0 Å². The summed E-state index contributed by atoms with van der Waals surface area (Å²) in [5.41, 5.74) is -0.902. The Kier molecular flexibility index (Phi) is 2.07. The van der Waals surface area contributed by atoms with Crippen LogP contribution in [0.3, 0.4) is 0 Å². The van der Waals surface area contributed by atoms with Gasteiger partial charge in [0.05, 0.1) is 5.57 Å². The molecule has 3 nitrogen and oxygen atoms in total. The zero-order chi connectivity index (χ0) is 9.19. The molecule has 1 rings (SSSR count). The molecule has 1 aliphatic heterocycles. The van der Waals surface area contributed by atoms with Gasteiger partial charge in [-0.1, -0.05) is 0 Å². The summed E-state index contributed by atoms with van der Waals surface area (Å²) < 4.78 is 35.9. The fraction of sp³-hybridized carbons (Fsp3) is 0.167. The molecule has 6 heteroatoms. The van der Waals surface area contributed by atoms with Crippen molar-refractivity contribution >= 4 is 6.03 Å². The lowest BCUT2D eigenvalue weighted by Crippen LogP contribution is -2.27. The second kappa shape index (κ2) is 2.88. The molecule has 0 spiro atoms. The Labute approximate surface area is 65.9 Å². The maximum absolute atomic E-state index is 12.0. The monoisotopic (exact) mass is 178 g/mol. The van der Waals surface area contributed by atoms with Crippen molar-refractivity contribution in [3.05, 3.63) is 24.0 Å². The van der Waals surface area contributed by atoms with Crippen molar-refractivity contribution in [2.45, 2.75) is 6.18 Å². The average molecular weight is 178 g/mol. The van der Waals surface area contributed by atoms with Crippen LogP contribution in [0.25, 0.3) is 0 Å². The van der Waals surface area contributed by atoms with Crippen LogP contribution in [-0.2, 0) is 0 Å². The van der Waals surface area contributed by atoms with E-state index in [-0.39, 0.29) is 0 Å². The molecule has 0 unspecified atom stereocenters. The number of carbonyl (C=O) groups excluding carboxylic acids is 1. The lowest BCUT2D eigenvalue weighted by molar-refractivity contribution is -0.0884. The van der Waals surface area contributed by atoms with Gasteiger partial charge in [0.1, 0.15) is 0 Å². The van der Waals surface area contributed by atoms with Gasteiger partial charge in [-0.2, -0.15) is 13.2 Å². The summed E-state index contributed by atoms with van der Waals surface area (Å²) in [6.07, 6.45) is -2.12. The highest BCUT2D eigenvalue weighted by Gasteiger charge is 2.32. The van der Waals surface area contributed by atoms with Crippen molar-refractivity contribution in [3.8, 4) is 0 Å². The maximum atomic E-state index is 12.0. The van der Waals surface area contributed by atoms with Crippen molar-refractivity contribution in [3.63, 3.8) is 0 Å². The fourth-order valence-corrected chi connectivity index (χ4v) is 0.617. The molecular weight excluding hydrogens is 173 g/mol. The van der Waals surface area contributed by atoms with E-state index in [0.717, 1.165) is 12.3 Å². The van der Waals surface area contributed by atoms with Gasteiger partial charge < -0.3 is 10.6 Å². The Balaban J connectivity index is 2.84. The summed E-state index contributed by atoms with van der Waals surface area (Å²) in [6, 6.07) is -0.689. The third kappa shape index (κ3) is 2.01. The van der Waals surface area contributed by atoms with Gasteiger partial charge in [-0.25, -0.2) is 4.79 Å². The summed E-state index contributed by atoms with van der Waals surface area (Å²) in [6.45, 7) is 0. The Bertz CT molecular complexity index is 254. The standard InChI is InChI=1S/C6H5F3N2O/c7-6(8,9)4-1-2-10-5(12)11-3-4/h1-3H,(H2,10,11,12). The lowest BCUT2D eigenvalue weighted by atomic mass is 10.3. The molecule has 0 aliphatic carbocycles. The summed E-state index contributed by atoms with van der Waals surface area (Å²) in [4.78, 5) is 10.5. The molecule has 0 aromatic carbocycles. The minimum Gasteiger partial charge on any atom is -0.314 e. The molecule has 0 aromatic rings. The number of hydrogen-bond acceptors (Lipinski definition) is 1. The van der Waals surface area contributed by atoms with Gasteiger partial charge in [-0.05, 0) is 6.08 Å². The van der Waals surface area contributed by atoms with Gasteiger partial charge in [0.15, 0.2) is 0 Å². The van der Waals surface area contributed by atoms with Crippen LogP contribution in [0, 0.1) is 0 Å². The molecule has 2 N–H and O–H groups in total. The first kappa shape index (κ1) is 8.63. The number of amides is 2. The molecule has 1 heterocycles. The Morgan fingerprint density at radius 2 is 1.92 bits per heavy atom. The predicted octanol–water partition coefficient (Wildman–Crippen LogP) is 1.26. The molecular formula is C6H5F3N2O. The molecule has 0 bridgehead atoms. The third-order valence-electron chi connectivity index (χ3n) is 1.16. The van der Waals surface area contributed by atoms with E-state index >= 15 is 0 Å². The first-order valence-electron chi connectivity index (χ1n) is 3.01. The first-order chi connectivity index (χ1) is 5.50. The SMILES string of the molecule is O=C1NC=CC(C(F)(F)F)=CN1. The Morgan fingerprint density at radius 1 is 1.25 bits per heavy atom. The van der Waals surface area contributed by atoms with Gasteiger partial charge in [-0.3, -0.25) is 0 Å². The molecule has 0 atom stereocenters. The summed E-state index contributed by atoms with van der Waals surface area (Å²) >= 11 is 0. The van der Waals surface area contributed by atoms with Gasteiger partial charge in [0.2, 0.25) is 0 Å². The van der Waals surface area contributed by atoms with Crippen molar-refractivity contribution in [1.82, 2.24) is 10.6 Å². The van der Waals surface area contributed by atoms with E-state index < -0.39 is 17.8 Å². The number of alkyl halides is 3. The van der Waals surface area contributed by atoms with Gasteiger partial charge in [0, 0.05) is 12.4 Å². The molecule has 12 heavy (non-hydrogen) atoms. The van der Waals surface area contributed by atoms with Crippen LogP contribution in [0.15, 0.2) is 24.0 Å². The number of nitrogens with one attached hydrogen (secondary N) is 2. The zero-order valence-corrected chi connectivity index (χ0v) is 5.77. The largest absolute Gasteiger partial charge is 0.417 e. The minimum atomic E-state index is -4.43. The zero-order valence-electron chi connectivity index (χ0n) is 5.77. The number of allylic oxidation sites excluding steroid dienone is 2. The van der Waals surface area contributed by atoms with Gasteiger partial charge >= 0.3 is 12.2 Å². The van der Waals surface area contributed by atoms with E-state index in [4.69, 9.17) is 0 Å². The Hall–Kier alpha value is -1.46. The van der Waals surface area contributed by atoms with E-state index in [0.29, 0.717) is 6.20 Å².